The molecule has 0 bridgehead atoms. The number of carbonyl (C=O) groups excluding carboxylic acids is 2. The van der Waals surface area contributed by atoms with Crippen molar-refractivity contribution in [1.29, 1.82) is 0 Å². The van der Waals surface area contributed by atoms with Crippen LogP contribution in [0, 0.1) is 11.2 Å². The number of allylic oxidation sites excluding steroid dienone is 2. The predicted octanol–water partition coefficient (Wildman–Crippen LogP) is 5.42. The van der Waals surface area contributed by atoms with E-state index < -0.39 is 5.82 Å². The maximum absolute atomic E-state index is 13.3. The Morgan fingerprint density at radius 2 is 1.89 bits per heavy atom. The van der Waals surface area contributed by atoms with Crippen molar-refractivity contribution in [2.45, 2.75) is 26.7 Å². The van der Waals surface area contributed by atoms with Gasteiger partial charge >= 0.3 is 0 Å². The van der Waals surface area contributed by atoms with Gasteiger partial charge in [-0.15, -0.1) is 0 Å². The fourth-order valence-corrected chi connectivity index (χ4v) is 3.34. The molecule has 3 rings (SSSR count). The summed E-state index contributed by atoms with van der Waals surface area (Å²) >= 11 is 5.77. The van der Waals surface area contributed by atoms with Gasteiger partial charge in [0, 0.05) is 23.9 Å². The van der Waals surface area contributed by atoms with E-state index in [4.69, 9.17) is 11.6 Å². The number of rotatable bonds is 4. The Morgan fingerprint density at radius 3 is 2.59 bits per heavy atom. The SMILES string of the molecule is CC1(C)CC(=O)C=C(Nc2ccccc2C(=O)Nc2ccc(F)c(Cl)c2)C1. The number of anilines is 2. The third-order valence-corrected chi connectivity index (χ3v) is 4.59. The van der Waals surface area contributed by atoms with E-state index in [0.29, 0.717) is 29.8 Å². The van der Waals surface area contributed by atoms with Gasteiger partial charge in [-0.2, -0.15) is 0 Å². The van der Waals surface area contributed by atoms with Crippen LogP contribution in [0.25, 0.3) is 0 Å². The van der Waals surface area contributed by atoms with Crippen LogP contribution in [0.3, 0.4) is 0 Å². The third kappa shape index (κ3) is 4.74. The largest absolute Gasteiger partial charge is 0.358 e. The quantitative estimate of drug-likeness (QED) is 0.737. The Hall–Kier alpha value is -2.66. The smallest absolute Gasteiger partial charge is 0.257 e. The van der Waals surface area contributed by atoms with Gasteiger partial charge in [0.15, 0.2) is 5.78 Å². The van der Waals surface area contributed by atoms with Gasteiger partial charge in [-0.05, 0) is 42.2 Å². The topological polar surface area (TPSA) is 58.2 Å². The van der Waals surface area contributed by atoms with Crippen molar-refractivity contribution in [1.82, 2.24) is 0 Å². The molecule has 2 aromatic rings. The van der Waals surface area contributed by atoms with Gasteiger partial charge in [0.25, 0.3) is 5.91 Å². The van der Waals surface area contributed by atoms with Crippen LogP contribution in [0.5, 0.6) is 0 Å². The lowest BCUT2D eigenvalue weighted by molar-refractivity contribution is -0.117. The molecule has 4 nitrogen and oxygen atoms in total. The van der Waals surface area contributed by atoms with Crippen LogP contribution in [0.1, 0.15) is 37.0 Å². The van der Waals surface area contributed by atoms with Gasteiger partial charge < -0.3 is 10.6 Å². The van der Waals surface area contributed by atoms with Crippen molar-refractivity contribution < 1.29 is 14.0 Å². The first-order valence-corrected chi connectivity index (χ1v) is 8.97. The summed E-state index contributed by atoms with van der Waals surface area (Å²) in [6.45, 7) is 4.08. The van der Waals surface area contributed by atoms with Crippen LogP contribution in [0.15, 0.2) is 54.2 Å². The van der Waals surface area contributed by atoms with E-state index in [1.165, 1.54) is 18.2 Å². The molecule has 0 aliphatic heterocycles. The van der Waals surface area contributed by atoms with Crippen LogP contribution < -0.4 is 10.6 Å². The average molecular weight is 387 g/mol. The summed E-state index contributed by atoms with van der Waals surface area (Å²) in [4.78, 5) is 24.7. The second kappa shape index (κ2) is 7.53. The first kappa shape index (κ1) is 19.1. The van der Waals surface area contributed by atoms with Crippen molar-refractivity contribution in [2.24, 2.45) is 5.41 Å². The van der Waals surface area contributed by atoms with Crippen molar-refractivity contribution in [3.05, 3.63) is 70.6 Å². The highest BCUT2D eigenvalue weighted by Gasteiger charge is 2.28. The number of hydrogen-bond acceptors (Lipinski definition) is 3. The van der Waals surface area contributed by atoms with Crippen LogP contribution in [-0.2, 0) is 4.79 Å². The van der Waals surface area contributed by atoms with Gasteiger partial charge in [0.05, 0.1) is 16.3 Å². The second-order valence-electron chi connectivity index (χ2n) is 7.41. The van der Waals surface area contributed by atoms with E-state index in [0.717, 1.165) is 5.70 Å². The van der Waals surface area contributed by atoms with E-state index >= 15 is 0 Å². The second-order valence-corrected chi connectivity index (χ2v) is 7.81. The first-order chi connectivity index (χ1) is 12.7. The molecule has 2 N–H and O–H groups in total. The summed E-state index contributed by atoms with van der Waals surface area (Å²) in [5.41, 5.74) is 2.06. The minimum Gasteiger partial charge on any atom is -0.358 e. The number of para-hydroxylation sites is 1. The van der Waals surface area contributed by atoms with Gasteiger partial charge in [-0.25, -0.2) is 4.39 Å². The highest BCUT2D eigenvalue weighted by atomic mass is 35.5. The van der Waals surface area contributed by atoms with Crippen LogP contribution in [0.4, 0.5) is 15.8 Å². The molecule has 2 aromatic carbocycles. The van der Waals surface area contributed by atoms with Gasteiger partial charge in [-0.1, -0.05) is 37.6 Å². The average Bonchev–Trinajstić information content (AvgIpc) is 2.56. The number of hydrogen-bond donors (Lipinski definition) is 2. The number of ketones is 1. The zero-order chi connectivity index (χ0) is 19.6. The van der Waals surface area contributed by atoms with E-state index in [2.05, 4.69) is 10.6 Å². The Balaban J connectivity index is 1.82. The van der Waals surface area contributed by atoms with Crippen LogP contribution >= 0.6 is 11.6 Å². The Labute approximate surface area is 162 Å². The van der Waals surface area contributed by atoms with E-state index in [-0.39, 0.29) is 22.1 Å². The van der Waals surface area contributed by atoms with Gasteiger partial charge in [-0.3, -0.25) is 9.59 Å². The van der Waals surface area contributed by atoms with E-state index in [1.54, 1.807) is 24.3 Å². The summed E-state index contributed by atoms with van der Waals surface area (Å²) in [6, 6.07) is 11.0. The molecule has 1 amide bonds. The Morgan fingerprint density at radius 1 is 1.15 bits per heavy atom. The molecule has 0 aromatic heterocycles. The third-order valence-electron chi connectivity index (χ3n) is 4.30. The summed E-state index contributed by atoms with van der Waals surface area (Å²) in [5.74, 6) is -0.840. The van der Waals surface area contributed by atoms with Crippen molar-refractivity contribution in [3.8, 4) is 0 Å². The van der Waals surface area contributed by atoms with E-state index in [1.807, 2.05) is 19.9 Å². The predicted molar refractivity (Wildman–Crippen MR) is 106 cm³/mol. The van der Waals surface area contributed by atoms with E-state index in [9.17, 15) is 14.0 Å². The van der Waals surface area contributed by atoms with Crippen molar-refractivity contribution in [2.75, 3.05) is 10.6 Å². The molecule has 140 valence electrons. The summed E-state index contributed by atoms with van der Waals surface area (Å²) in [6.07, 6.45) is 2.81. The fraction of sp³-hybridized carbons (Fsp3) is 0.238. The molecule has 0 atom stereocenters. The first-order valence-electron chi connectivity index (χ1n) is 8.59. The molecule has 6 heteroatoms. The number of carbonyl (C=O) groups is 2. The standard InChI is InChI=1S/C21H20ClFN2O2/c1-21(2)11-14(9-15(26)12-21)24-19-6-4-3-5-16(19)20(27)25-13-7-8-18(23)17(22)10-13/h3-10,24H,11-12H2,1-2H3,(H,25,27). The Kier molecular flexibility index (Phi) is 5.33. The lowest BCUT2D eigenvalue weighted by Gasteiger charge is -2.29. The van der Waals surface area contributed by atoms with Crippen molar-refractivity contribution in [3.63, 3.8) is 0 Å². The molecular weight excluding hydrogens is 367 g/mol. The van der Waals surface area contributed by atoms with Gasteiger partial charge in [0.2, 0.25) is 0 Å². The maximum Gasteiger partial charge on any atom is 0.257 e. The molecular formula is C21H20ClFN2O2. The maximum atomic E-state index is 13.3. The molecule has 0 spiro atoms. The number of amides is 1. The van der Waals surface area contributed by atoms with Crippen LogP contribution in [0.2, 0.25) is 5.02 Å². The highest BCUT2D eigenvalue weighted by Crippen LogP contribution is 2.34. The molecule has 0 unspecified atom stereocenters. The molecule has 1 aliphatic carbocycles. The summed E-state index contributed by atoms with van der Waals surface area (Å²) in [7, 11) is 0. The fourth-order valence-electron chi connectivity index (χ4n) is 3.16. The molecule has 0 saturated carbocycles. The molecule has 27 heavy (non-hydrogen) atoms. The highest BCUT2D eigenvalue weighted by molar-refractivity contribution is 6.31. The minimum atomic E-state index is -0.548. The minimum absolute atomic E-state index is 0.0627. The van der Waals surface area contributed by atoms with Gasteiger partial charge in [0.1, 0.15) is 5.82 Å². The molecule has 0 heterocycles. The zero-order valence-corrected chi connectivity index (χ0v) is 15.9. The van der Waals surface area contributed by atoms with Crippen molar-refractivity contribution >= 4 is 34.7 Å². The lowest BCUT2D eigenvalue weighted by Crippen LogP contribution is -2.25. The monoisotopic (exact) mass is 386 g/mol. The molecule has 1 aliphatic rings. The number of benzene rings is 2. The molecule has 0 fully saturated rings. The summed E-state index contributed by atoms with van der Waals surface area (Å²) < 4.78 is 13.3. The molecule has 0 saturated heterocycles. The summed E-state index contributed by atoms with van der Waals surface area (Å²) in [5, 5.41) is 5.87. The number of nitrogens with one attached hydrogen (secondary N) is 2. The lowest BCUT2D eigenvalue weighted by atomic mass is 9.79. The Bertz CT molecular complexity index is 938. The normalized spacial score (nSPS) is 15.9. The number of halogens is 2. The molecule has 0 radical (unpaired) electrons. The zero-order valence-electron chi connectivity index (χ0n) is 15.1. The van der Waals surface area contributed by atoms with Crippen LogP contribution in [-0.4, -0.2) is 11.7 Å².